The third kappa shape index (κ3) is 4.22. The maximum absolute atomic E-state index is 13.3. The fourth-order valence-corrected chi connectivity index (χ4v) is 3.85. The lowest BCUT2D eigenvalue weighted by atomic mass is 10.1. The van der Waals surface area contributed by atoms with E-state index in [1.165, 1.54) is 29.3 Å². The summed E-state index contributed by atoms with van der Waals surface area (Å²) in [6, 6.07) is 12.5. The second kappa shape index (κ2) is 8.53. The van der Waals surface area contributed by atoms with Crippen LogP contribution in [0.2, 0.25) is 0 Å². The van der Waals surface area contributed by atoms with Crippen LogP contribution in [0.4, 0.5) is 10.1 Å². The van der Waals surface area contributed by atoms with Crippen LogP contribution in [-0.2, 0) is 14.3 Å². The largest absolute Gasteiger partial charge is 0.370 e. The van der Waals surface area contributed by atoms with Gasteiger partial charge in [-0.15, -0.1) is 0 Å². The highest BCUT2D eigenvalue weighted by Gasteiger charge is 2.37. The lowest BCUT2D eigenvalue weighted by Crippen LogP contribution is -2.45. The van der Waals surface area contributed by atoms with Crippen LogP contribution < -0.4 is 10.7 Å². The predicted molar refractivity (Wildman–Crippen MR) is 113 cm³/mol. The molecular weight excluding hydrogens is 455 g/mol. The Labute approximate surface area is 181 Å². The molecule has 0 saturated carbocycles. The monoisotopic (exact) mass is 474 g/mol. The summed E-state index contributed by atoms with van der Waals surface area (Å²) in [5.41, 5.74) is 7.26. The lowest BCUT2D eigenvalue weighted by molar-refractivity contribution is -0.131. The molecule has 0 aromatic heterocycles. The number of morpholine rings is 1. The van der Waals surface area contributed by atoms with Crippen LogP contribution >= 0.6 is 15.9 Å². The van der Waals surface area contributed by atoms with E-state index in [9.17, 15) is 14.0 Å². The molecule has 2 aromatic carbocycles. The van der Waals surface area contributed by atoms with E-state index in [0.717, 1.165) is 10.0 Å². The molecule has 2 aliphatic heterocycles. The van der Waals surface area contributed by atoms with Crippen LogP contribution in [0, 0.1) is 5.82 Å². The van der Waals surface area contributed by atoms with E-state index in [1.807, 2.05) is 24.3 Å². The molecule has 2 heterocycles. The summed E-state index contributed by atoms with van der Waals surface area (Å²) in [6.45, 7) is 1.22. The molecule has 2 aromatic rings. The summed E-state index contributed by atoms with van der Waals surface area (Å²) >= 11 is 3.41. The van der Waals surface area contributed by atoms with Crippen molar-refractivity contribution in [2.75, 3.05) is 24.7 Å². The van der Waals surface area contributed by atoms with Crippen LogP contribution in [0.3, 0.4) is 0 Å². The predicted octanol–water partition coefficient (Wildman–Crippen LogP) is 2.61. The third-order valence-corrected chi connectivity index (χ3v) is 5.70. The van der Waals surface area contributed by atoms with Gasteiger partial charge in [-0.3, -0.25) is 14.6 Å². The number of primary amides is 1. The lowest BCUT2D eigenvalue weighted by Gasteiger charge is -2.33. The Morgan fingerprint density at radius 3 is 2.50 bits per heavy atom. The number of benzene rings is 2. The highest BCUT2D eigenvalue weighted by atomic mass is 79.9. The van der Waals surface area contributed by atoms with Gasteiger partial charge in [-0.25, -0.2) is 4.39 Å². The van der Waals surface area contributed by atoms with Gasteiger partial charge in [0.25, 0.3) is 5.91 Å². The maximum atomic E-state index is 13.3. The number of amides is 2. The molecule has 0 bridgehead atoms. The molecule has 1 fully saturated rings. The number of rotatable bonds is 4. The first-order valence-electron chi connectivity index (χ1n) is 9.50. The van der Waals surface area contributed by atoms with E-state index in [0.29, 0.717) is 25.4 Å². The highest BCUT2D eigenvalue weighted by Crippen LogP contribution is 2.28. The zero-order valence-corrected chi connectivity index (χ0v) is 17.6. The van der Waals surface area contributed by atoms with E-state index in [4.69, 9.17) is 10.5 Å². The standard InChI is InChI=1S/C21H20BrFN4O3/c22-14-3-1-13(2-4-14)19-12-26(9-10-30-19)21(29)17-11-18(20(24)28)27(25-17)16-7-5-15(23)6-8-16/h1-8,18-19H,9-12H2,(H2,24,28). The highest BCUT2D eigenvalue weighted by molar-refractivity contribution is 9.10. The first kappa shape index (κ1) is 20.5. The molecule has 7 nitrogen and oxygen atoms in total. The molecule has 2 N–H and O–H groups in total. The van der Waals surface area contributed by atoms with Crippen LogP contribution in [0.15, 0.2) is 58.1 Å². The minimum absolute atomic E-state index is 0.103. The molecule has 0 radical (unpaired) electrons. The van der Waals surface area contributed by atoms with E-state index < -0.39 is 17.8 Å². The van der Waals surface area contributed by atoms with Gasteiger partial charge < -0.3 is 15.4 Å². The van der Waals surface area contributed by atoms with E-state index in [-0.39, 0.29) is 24.1 Å². The number of hydrogen-bond donors (Lipinski definition) is 1. The van der Waals surface area contributed by atoms with Crippen LogP contribution in [0.1, 0.15) is 18.1 Å². The normalized spacial score (nSPS) is 21.5. The maximum Gasteiger partial charge on any atom is 0.270 e. The summed E-state index contributed by atoms with van der Waals surface area (Å²) in [7, 11) is 0. The molecule has 2 unspecified atom stereocenters. The molecule has 9 heteroatoms. The van der Waals surface area contributed by atoms with Crippen molar-refractivity contribution in [3.05, 3.63) is 64.4 Å². The van der Waals surface area contributed by atoms with Crippen LogP contribution in [-0.4, -0.2) is 48.2 Å². The quantitative estimate of drug-likeness (QED) is 0.737. The minimum atomic E-state index is -0.794. The summed E-state index contributed by atoms with van der Waals surface area (Å²) in [4.78, 5) is 26.8. The van der Waals surface area contributed by atoms with Crippen molar-refractivity contribution in [3.8, 4) is 0 Å². The van der Waals surface area contributed by atoms with Gasteiger partial charge in [-0.1, -0.05) is 28.1 Å². The Hall–Kier alpha value is -2.78. The zero-order chi connectivity index (χ0) is 21.3. The Kier molecular flexibility index (Phi) is 5.83. The number of anilines is 1. The van der Waals surface area contributed by atoms with Gasteiger partial charge in [0.1, 0.15) is 23.7 Å². The van der Waals surface area contributed by atoms with Crippen molar-refractivity contribution in [3.63, 3.8) is 0 Å². The van der Waals surface area contributed by atoms with E-state index in [1.54, 1.807) is 4.90 Å². The molecule has 1 saturated heterocycles. The average molecular weight is 475 g/mol. The Morgan fingerprint density at radius 1 is 1.13 bits per heavy atom. The molecule has 30 heavy (non-hydrogen) atoms. The number of hydrazone groups is 1. The summed E-state index contributed by atoms with van der Waals surface area (Å²) in [5, 5.41) is 5.75. The smallest absolute Gasteiger partial charge is 0.270 e. The summed E-state index contributed by atoms with van der Waals surface area (Å²) in [6.07, 6.45) is -0.135. The number of halogens is 2. The van der Waals surface area contributed by atoms with Gasteiger partial charge in [0.05, 0.1) is 18.8 Å². The van der Waals surface area contributed by atoms with Crippen molar-refractivity contribution in [1.29, 1.82) is 0 Å². The van der Waals surface area contributed by atoms with Crippen molar-refractivity contribution in [2.45, 2.75) is 18.6 Å². The van der Waals surface area contributed by atoms with Gasteiger partial charge in [-0.2, -0.15) is 5.10 Å². The van der Waals surface area contributed by atoms with Gasteiger partial charge in [0.2, 0.25) is 5.91 Å². The first-order chi connectivity index (χ1) is 14.4. The molecule has 0 aliphatic carbocycles. The SMILES string of the molecule is NC(=O)C1CC(C(=O)N2CCOC(c3ccc(Br)cc3)C2)=NN1c1ccc(F)cc1. The average Bonchev–Trinajstić information content (AvgIpc) is 3.20. The fourth-order valence-electron chi connectivity index (χ4n) is 3.59. The second-order valence-electron chi connectivity index (χ2n) is 7.15. The molecule has 156 valence electrons. The molecule has 4 rings (SSSR count). The van der Waals surface area contributed by atoms with Crippen LogP contribution in [0.5, 0.6) is 0 Å². The molecular formula is C21H20BrFN4O3. The summed E-state index contributed by atoms with van der Waals surface area (Å²) < 4.78 is 20.1. The molecule has 2 atom stereocenters. The number of nitrogens with zero attached hydrogens (tertiary/aromatic N) is 3. The van der Waals surface area contributed by atoms with Gasteiger partial charge in [0.15, 0.2) is 0 Å². The number of nitrogens with two attached hydrogens (primary N) is 1. The Bertz CT molecular complexity index is 981. The van der Waals surface area contributed by atoms with Crippen molar-refractivity contribution in [2.24, 2.45) is 10.8 Å². The zero-order valence-electron chi connectivity index (χ0n) is 16.0. The van der Waals surface area contributed by atoms with Gasteiger partial charge in [-0.05, 0) is 42.0 Å². The summed E-state index contributed by atoms with van der Waals surface area (Å²) in [5.74, 6) is -1.25. The molecule has 2 amide bonds. The Morgan fingerprint density at radius 2 is 1.83 bits per heavy atom. The first-order valence-corrected chi connectivity index (χ1v) is 10.3. The molecule has 0 spiro atoms. The third-order valence-electron chi connectivity index (χ3n) is 5.17. The van der Waals surface area contributed by atoms with E-state index >= 15 is 0 Å². The Balaban J connectivity index is 1.53. The number of carbonyl (C=O) groups excluding carboxylic acids is 2. The van der Waals surface area contributed by atoms with Crippen molar-refractivity contribution in [1.82, 2.24) is 4.90 Å². The van der Waals surface area contributed by atoms with Crippen molar-refractivity contribution < 1.29 is 18.7 Å². The topological polar surface area (TPSA) is 88.2 Å². The van der Waals surface area contributed by atoms with E-state index in [2.05, 4.69) is 21.0 Å². The van der Waals surface area contributed by atoms with Crippen LogP contribution in [0.25, 0.3) is 0 Å². The number of ether oxygens (including phenoxy) is 1. The minimum Gasteiger partial charge on any atom is -0.370 e. The van der Waals surface area contributed by atoms with Gasteiger partial charge in [0, 0.05) is 17.4 Å². The number of hydrogen-bond acceptors (Lipinski definition) is 5. The second-order valence-corrected chi connectivity index (χ2v) is 8.07. The van der Waals surface area contributed by atoms with Crippen molar-refractivity contribution >= 4 is 39.1 Å². The fraction of sp³-hybridized carbons (Fsp3) is 0.286. The number of carbonyl (C=O) groups is 2. The van der Waals surface area contributed by atoms with Gasteiger partial charge >= 0.3 is 0 Å². The molecule has 2 aliphatic rings.